The molecule has 78 valence electrons. The molecular weight excluding hydrogens is 188 g/mol. The van der Waals surface area contributed by atoms with E-state index in [0.717, 1.165) is 24.0 Å². The Kier molecular flexibility index (Phi) is 4.96. The summed E-state index contributed by atoms with van der Waals surface area (Å²) in [5.41, 5.74) is 2.17. The summed E-state index contributed by atoms with van der Waals surface area (Å²) in [4.78, 5) is 10.2. The van der Waals surface area contributed by atoms with Crippen molar-refractivity contribution in [2.24, 2.45) is 0 Å². The van der Waals surface area contributed by atoms with E-state index >= 15 is 0 Å². The van der Waals surface area contributed by atoms with Crippen LogP contribution in [0.2, 0.25) is 0 Å². The van der Waals surface area contributed by atoms with Crippen molar-refractivity contribution in [1.82, 2.24) is 0 Å². The van der Waals surface area contributed by atoms with Crippen LogP contribution in [-0.4, -0.2) is 12.8 Å². The van der Waals surface area contributed by atoms with Gasteiger partial charge in [-0.2, -0.15) is 5.26 Å². The van der Waals surface area contributed by atoms with Gasteiger partial charge in [0.25, 0.3) is 0 Å². The number of hydrogen-bond acceptors (Lipinski definition) is 3. The highest BCUT2D eigenvalue weighted by Crippen LogP contribution is 2.10. The van der Waals surface area contributed by atoms with Crippen LogP contribution in [0.4, 0.5) is 5.69 Å². The van der Waals surface area contributed by atoms with E-state index in [1.807, 2.05) is 24.3 Å². The fraction of sp³-hybridized carbons (Fsp3) is 0.333. The third-order valence-corrected chi connectivity index (χ3v) is 2.07. The lowest BCUT2D eigenvalue weighted by atomic mass is 10.1. The standard InChI is InChI=1S/C12H14N2O/c13-8-2-9-14-12-6-4-11(5-7-12)3-1-10-15/h4-7,10,14H,1-3,9H2. The van der Waals surface area contributed by atoms with E-state index in [-0.39, 0.29) is 0 Å². The molecule has 1 N–H and O–H groups in total. The van der Waals surface area contributed by atoms with E-state index in [2.05, 4.69) is 11.4 Å². The van der Waals surface area contributed by atoms with Crippen molar-refractivity contribution in [3.05, 3.63) is 29.8 Å². The number of aldehydes is 1. The van der Waals surface area contributed by atoms with E-state index in [1.54, 1.807) is 0 Å². The van der Waals surface area contributed by atoms with Crippen molar-refractivity contribution >= 4 is 12.0 Å². The molecule has 0 radical (unpaired) electrons. The third kappa shape index (κ3) is 4.28. The van der Waals surface area contributed by atoms with E-state index < -0.39 is 0 Å². The van der Waals surface area contributed by atoms with Gasteiger partial charge >= 0.3 is 0 Å². The molecule has 1 aromatic rings. The molecule has 0 amide bonds. The maximum atomic E-state index is 10.2. The first-order valence-electron chi connectivity index (χ1n) is 5.00. The van der Waals surface area contributed by atoms with Crippen molar-refractivity contribution in [2.75, 3.05) is 11.9 Å². The second-order valence-corrected chi connectivity index (χ2v) is 3.24. The number of anilines is 1. The monoisotopic (exact) mass is 202 g/mol. The molecule has 3 nitrogen and oxygen atoms in total. The molecule has 15 heavy (non-hydrogen) atoms. The maximum absolute atomic E-state index is 10.2. The average molecular weight is 202 g/mol. The SMILES string of the molecule is N#CCCNc1ccc(CCC=O)cc1. The van der Waals surface area contributed by atoms with Gasteiger partial charge in [0.1, 0.15) is 6.29 Å². The summed E-state index contributed by atoms with van der Waals surface area (Å²) in [5, 5.41) is 11.5. The van der Waals surface area contributed by atoms with Gasteiger partial charge in [-0.05, 0) is 24.1 Å². The number of carbonyl (C=O) groups is 1. The first-order valence-corrected chi connectivity index (χ1v) is 5.00. The fourth-order valence-electron chi connectivity index (χ4n) is 1.28. The molecule has 0 aromatic heterocycles. The van der Waals surface area contributed by atoms with Gasteiger partial charge < -0.3 is 10.1 Å². The molecule has 0 unspecified atom stereocenters. The van der Waals surface area contributed by atoms with Crippen LogP contribution in [0.25, 0.3) is 0 Å². The zero-order valence-electron chi connectivity index (χ0n) is 8.57. The van der Waals surface area contributed by atoms with Gasteiger partial charge in [0.2, 0.25) is 0 Å². The van der Waals surface area contributed by atoms with Gasteiger partial charge in [0, 0.05) is 18.7 Å². The van der Waals surface area contributed by atoms with Crippen LogP contribution < -0.4 is 5.32 Å². The highest BCUT2D eigenvalue weighted by atomic mass is 16.1. The van der Waals surface area contributed by atoms with Crippen molar-refractivity contribution < 1.29 is 4.79 Å². The Labute approximate surface area is 89.7 Å². The van der Waals surface area contributed by atoms with Crippen molar-refractivity contribution in [3.63, 3.8) is 0 Å². The van der Waals surface area contributed by atoms with Crippen molar-refractivity contribution in [3.8, 4) is 6.07 Å². The van der Waals surface area contributed by atoms with Gasteiger partial charge in [0.05, 0.1) is 12.5 Å². The first kappa shape index (κ1) is 11.3. The van der Waals surface area contributed by atoms with Crippen LogP contribution in [0.5, 0.6) is 0 Å². The quantitative estimate of drug-likeness (QED) is 0.568. The van der Waals surface area contributed by atoms with Gasteiger partial charge in [0.15, 0.2) is 0 Å². The van der Waals surface area contributed by atoms with Crippen LogP contribution in [0, 0.1) is 11.3 Å². The summed E-state index contributed by atoms with van der Waals surface area (Å²) in [6.07, 6.45) is 2.80. The minimum Gasteiger partial charge on any atom is -0.384 e. The molecule has 1 aromatic carbocycles. The molecule has 0 aliphatic heterocycles. The summed E-state index contributed by atoms with van der Waals surface area (Å²) in [5.74, 6) is 0. The number of nitriles is 1. The summed E-state index contributed by atoms with van der Waals surface area (Å²) in [6, 6.07) is 10.0. The lowest BCUT2D eigenvalue weighted by Gasteiger charge is -2.04. The number of benzene rings is 1. The normalized spacial score (nSPS) is 9.27. The van der Waals surface area contributed by atoms with E-state index in [4.69, 9.17) is 5.26 Å². The van der Waals surface area contributed by atoms with Gasteiger partial charge in [-0.15, -0.1) is 0 Å². The Morgan fingerprint density at radius 3 is 2.67 bits per heavy atom. The van der Waals surface area contributed by atoms with E-state index in [1.165, 1.54) is 0 Å². The molecule has 0 bridgehead atoms. The Hall–Kier alpha value is -1.82. The van der Waals surface area contributed by atoms with Crippen LogP contribution >= 0.6 is 0 Å². The molecular formula is C12H14N2O. The van der Waals surface area contributed by atoms with Crippen LogP contribution in [-0.2, 0) is 11.2 Å². The summed E-state index contributed by atoms with van der Waals surface area (Å²) >= 11 is 0. The van der Waals surface area contributed by atoms with Crippen molar-refractivity contribution in [1.29, 1.82) is 5.26 Å². The molecule has 0 heterocycles. The Morgan fingerprint density at radius 2 is 2.07 bits per heavy atom. The lowest BCUT2D eigenvalue weighted by Crippen LogP contribution is -2.00. The number of nitrogens with one attached hydrogen (secondary N) is 1. The molecule has 0 aliphatic carbocycles. The fourth-order valence-corrected chi connectivity index (χ4v) is 1.28. The highest BCUT2D eigenvalue weighted by Gasteiger charge is 1.94. The van der Waals surface area contributed by atoms with Gasteiger partial charge in [-0.3, -0.25) is 0 Å². The predicted molar refractivity (Wildman–Crippen MR) is 59.5 cm³/mol. The van der Waals surface area contributed by atoms with Crippen molar-refractivity contribution in [2.45, 2.75) is 19.3 Å². The molecule has 0 saturated heterocycles. The topological polar surface area (TPSA) is 52.9 Å². The molecule has 1 rings (SSSR count). The van der Waals surface area contributed by atoms with Crippen LogP contribution in [0.3, 0.4) is 0 Å². The largest absolute Gasteiger partial charge is 0.384 e. The number of carbonyl (C=O) groups excluding carboxylic acids is 1. The summed E-state index contributed by atoms with van der Waals surface area (Å²) in [6.45, 7) is 0.671. The second-order valence-electron chi connectivity index (χ2n) is 3.24. The number of nitrogens with zero attached hydrogens (tertiary/aromatic N) is 1. The number of aryl methyl sites for hydroxylation is 1. The zero-order valence-corrected chi connectivity index (χ0v) is 8.57. The van der Waals surface area contributed by atoms with Crippen LogP contribution in [0.15, 0.2) is 24.3 Å². The second kappa shape index (κ2) is 6.61. The molecule has 0 aliphatic rings. The Balaban J connectivity index is 2.42. The molecule has 3 heteroatoms. The third-order valence-electron chi connectivity index (χ3n) is 2.07. The van der Waals surface area contributed by atoms with Gasteiger partial charge in [-0.1, -0.05) is 12.1 Å². The molecule has 0 spiro atoms. The summed E-state index contributed by atoms with van der Waals surface area (Å²) < 4.78 is 0. The molecule has 0 saturated carbocycles. The number of hydrogen-bond donors (Lipinski definition) is 1. The van der Waals surface area contributed by atoms with Gasteiger partial charge in [-0.25, -0.2) is 0 Å². The maximum Gasteiger partial charge on any atom is 0.120 e. The predicted octanol–water partition coefficient (Wildman–Crippen LogP) is 2.14. The first-order chi connectivity index (χ1) is 7.36. The Morgan fingerprint density at radius 1 is 1.33 bits per heavy atom. The average Bonchev–Trinajstić information content (AvgIpc) is 2.28. The minimum atomic E-state index is 0.507. The molecule has 0 atom stereocenters. The van der Waals surface area contributed by atoms with E-state index in [9.17, 15) is 4.79 Å². The highest BCUT2D eigenvalue weighted by molar-refractivity contribution is 5.51. The van der Waals surface area contributed by atoms with Crippen LogP contribution in [0.1, 0.15) is 18.4 Å². The minimum absolute atomic E-state index is 0.507. The Bertz CT molecular complexity index is 338. The smallest absolute Gasteiger partial charge is 0.120 e. The molecule has 0 fully saturated rings. The summed E-state index contributed by atoms with van der Waals surface area (Å²) in [7, 11) is 0. The zero-order chi connectivity index (χ0) is 10.9. The number of rotatable bonds is 6. The lowest BCUT2D eigenvalue weighted by molar-refractivity contribution is -0.107. The van der Waals surface area contributed by atoms with E-state index in [0.29, 0.717) is 19.4 Å².